The number of fused-ring (bicyclic) bond motifs is 1. The van der Waals surface area contributed by atoms with E-state index < -0.39 is 24.3 Å². The monoisotopic (exact) mass is 832 g/mol. The molecule has 4 N–H and O–H groups in total. The van der Waals surface area contributed by atoms with E-state index in [0.29, 0.717) is 50.8 Å². The molecule has 8 rings (SSSR count). The first-order valence-corrected chi connectivity index (χ1v) is 21.0. The Hall–Kier alpha value is -6.36. The molecule has 3 saturated heterocycles. The van der Waals surface area contributed by atoms with Gasteiger partial charge in [0, 0.05) is 67.0 Å². The molecular formula is C44H52N10O7. The summed E-state index contributed by atoms with van der Waals surface area (Å²) in [5.41, 5.74) is 5.72. The molecule has 0 aliphatic carbocycles. The summed E-state index contributed by atoms with van der Waals surface area (Å²) in [6.45, 7) is 6.04. The van der Waals surface area contributed by atoms with Gasteiger partial charge in [0.05, 0.1) is 55.1 Å². The summed E-state index contributed by atoms with van der Waals surface area (Å²) in [4.78, 5) is 81.3. The molecule has 1 aromatic carbocycles. The predicted octanol–water partition coefficient (Wildman–Crippen LogP) is 5.94. The molecule has 4 amide bonds. The Morgan fingerprint density at radius 3 is 2.15 bits per heavy atom. The zero-order valence-corrected chi connectivity index (χ0v) is 34.8. The number of benzene rings is 1. The average molecular weight is 833 g/mol. The third-order valence-electron chi connectivity index (χ3n) is 12.1. The van der Waals surface area contributed by atoms with Crippen LogP contribution < -0.4 is 10.6 Å². The minimum atomic E-state index is -0.703. The molecule has 3 aliphatic rings. The number of carbonyl (C=O) groups is 4. The highest BCUT2D eigenvalue weighted by Crippen LogP contribution is 2.36. The van der Waals surface area contributed by atoms with Crippen LogP contribution in [0.1, 0.15) is 76.1 Å². The van der Waals surface area contributed by atoms with Crippen LogP contribution in [0.25, 0.3) is 44.7 Å². The number of H-pyrrole nitrogens is 2. The number of amides is 4. The number of nitrogens with zero attached hydrogens (tertiary/aromatic N) is 6. The normalized spacial score (nSPS) is 19.2. The average Bonchev–Trinajstić information content (AvgIpc) is 4.14. The summed E-state index contributed by atoms with van der Waals surface area (Å²) in [7, 11) is 2.59. The molecule has 0 saturated carbocycles. The van der Waals surface area contributed by atoms with Crippen molar-refractivity contribution in [3.8, 4) is 33.8 Å². The van der Waals surface area contributed by atoms with Crippen molar-refractivity contribution in [2.24, 2.45) is 11.8 Å². The first-order chi connectivity index (χ1) is 29.6. The number of aromatic amines is 2. The lowest BCUT2D eigenvalue weighted by molar-refractivity contribution is -0.137. The Morgan fingerprint density at radius 1 is 0.754 bits per heavy atom. The first-order valence-electron chi connectivity index (χ1n) is 21.0. The number of rotatable bonds is 11. The number of hydrogen-bond donors (Lipinski definition) is 4. The zero-order chi connectivity index (χ0) is 42.6. The maximum atomic E-state index is 14.0. The van der Waals surface area contributed by atoms with Gasteiger partial charge in [-0.3, -0.25) is 19.6 Å². The van der Waals surface area contributed by atoms with Gasteiger partial charge in [-0.2, -0.15) is 0 Å². The summed E-state index contributed by atoms with van der Waals surface area (Å²) in [6.07, 6.45) is 10.5. The number of methoxy groups -OCH3 is 2. The van der Waals surface area contributed by atoms with Crippen molar-refractivity contribution in [1.29, 1.82) is 0 Å². The maximum absolute atomic E-state index is 14.0. The number of ether oxygens (including phenoxy) is 3. The van der Waals surface area contributed by atoms with E-state index in [9.17, 15) is 19.2 Å². The molecule has 0 bridgehead atoms. The molecule has 17 nitrogen and oxygen atoms in total. The van der Waals surface area contributed by atoms with Crippen LogP contribution in [0.15, 0.2) is 61.2 Å². The van der Waals surface area contributed by atoms with Crippen LogP contribution in [0, 0.1) is 11.8 Å². The SMILES string of the molecule is COC(=O)N[C@H](C(=O)N1CCC[C@H]1c1ncc(-c2ccc(-c3ccc4cc(-c5c[nH]c([C@@H]6CCCN6C(=O)[C@@H](NC(=O)OC)C6CCOCC6)n5)cnc4c3)nc2)[nH]1)C(C)C. The van der Waals surface area contributed by atoms with E-state index in [1.165, 1.54) is 14.2 Å². The molecule has 3 fully saturated rings. The van der Waals surface area contributed by atoms with Crippen molar-refractivity contribution in [2.75, 3.05) is 40.5 Å². The summed E-state index contributed by atoms with van der Waals surface area (Å²) in [5.74, 6) is 0.943. The lowest BCUT2D eigenvalue weighted by Crippen LogP contribution is -2.53. The van der Waals surface area contributed by atoms with Crippen LogP contribution in [0.4, 0.5) is 9.59 Å². The van der Waals surface area contributed by atoms with Crippen LogP contribution >= 0.6 is 0 Å². The molecule has 0 radical (unpaired) electrons. The fourth-order valence-corrected chi connectivity index (χ4v) is 8.76. The second-order valence-electron chi connectivity index (χ2n) is 16.2. The predicted molar refractivity (Wildman–Crippen MR) is 225 cm³/mol. The highest BCUT2D eigenvalue weighted by molar-refractivity contribution is 5.88. The van der Waals surface area contributed by atoms with Gasteiger partial charge in [0.1, 0.15) is 23.7 Å². The molecule has 4 aromatic heterocycles. The van der Waals surface area contributed by atoms with Crippen LogP contribution in [-0.2, 0) is 23.8 Å². The van der Waals surface area contributed by atoms with Gasteiger partial charge >= 0.3 is 12.2 Å². The largest absolute Gasteiger partial charge is 0.453 e. The smallest absolute Gasteiger partial charge is 0.407 e. The Kier molecular flexibility index (Phi) is 12.3. The van der Waals surface area contributed by atoms with Crippen molar-refractivity contribution in [3.63, 3.8) is 0 Å². The van der Waals surface area contributed by atoms with E-state index in [-0.39, 0.29) is 35.7 Å². The fourth-order valence-electron chi connectivity index (χ4n) is 8.76. The van der Waals surface area contributed by atoms with Gasteiger partial charge in [0.2, 0.25) is 11.8 Å². The molecule has 4 atom stereocenters. The molecule has 320 valence electrons. The minimum absolute atomic E-state index is 0.0397. The molecule has 3 aliphatic heterocycles. The number of imidazole rings is 2. The Labute approximate surface area is 353 Å². The summed E-state index contributed by atoms with van der Waals surface area (Å²) in [6, 6.07) is 10.2. The van der Waals surface area contributed by atoms with Gasteiger partial charge in [-0.25, -0.2) is 19.6 Å². The highest BCUT2D eigenvalue weighted by Gasteiger charge is 2.41. The van der Waals surface area contributed by atoms with E-state index in [1.54, 1.807) is 23.5 Å². The number of carbonyl (C=O) groups excluding carboxylic acids is 4. The van der Waals surface area contributed by atoms with E-state index in [1.807, 2.05) is 55.3 Å². The molecule has 61 heavy (non-hydrogen) atoms. The summed E-state index contributed by atoms with van der Waals surface area (Å²) in [5, 5.41) is 6.44. The minimum Gasteiger partial charge on any atom is -0.453 e. The van der Waals surface area contributed by atoms with E-state index >= 15 is 0 Å². The van der Waals surface area contributed by atoms with Crippen molar-refractivity contribution in [3.05, 3.63) is 72.8 Å². The van der Waals surface area contributed by atoms with Gasteiger partial charge in [-0.1, -0.05) is 26.0 Å². The standard InChI is InChI=1S/C44H52N10O7/c1-25(2)37(51-43(57)59-3)41(55)53-15-5-7-35(53)39-47-23-33(49-39)29-11-12-31(45-21-29)28-10-9-27-19-30(22-46-32(27)20-28)34-24-48-40(50-34)36-8-6-16-54(36)42(56)38(52-44(58)60-4)26-13-17-61-18-14-26/h9-12,19-26,35-38H,5-8,13-18H2,1-4H3,(H,47,49)(H,48,50)(H,51,57)(H,52,58)/t35-,36-,37-,38-/m0/s1. The quantitative estimate of drug-likeness (QED) is 0.123. The third-order valence-corrected chi connectivity index (χ3v) is 12.1. The van der Waals surface area contributed by atoms with Crippen LogP contribution in [0.5, 0.6) is 0 Å². The number of pyridine rings is 2. The second kappa shape index (κ2) is 18.1. The van der Waals surface area contributed by atoms with E-state index in [4.69, 9.17) is 29.2 Å². The van der Waals surface area contributed by atoms with Crippen molar-refractivity contribution >= 4 is 34.9 Å². The third kappa shape index (κ3) is 8.78. The molecule has 7 heterocycles. The number of nitrogens with one attached hydrogen (secondary N) is 4. The number of hydrogen-bond acceptors (Lipinski definition) is 11. The van der Waals surface area contributed by atoms with Crippen LogP contribution in [0.2, 0.25) is 0 Å². The Balaban J connectivity index is 0.936. The maximum Gasteiger partial charge on any atom is 0.407 e. The summed E-state index contributed by atoms with van der Waals surface area (Å²) < 4.78 is 15.1. The highest BCUT2D eigenvalue weighted by atomic mass is 16.5. The molecule has 0 spiro atoms. The lowest BCUT2D eigenvalue weighted by atomic mass is 9.90. The topological polar surface area (TPSA) is 210 Å². The molecule has 0 unspecified atom stereocenters. The van der Waals surface area contributed by atoms with E-state index in [0.717, 1.165) is 70.4 Å². The van der Waals surface area contributed by atoms with Crippen molar-refractivity contribution < 1.29 is 33.4 Å². The summed E-state index contributed by atoms with van der Waals surface area (Å²) >= 11 is 0. The molecular weight excluding hydrogens is 781 g/mol. The molecule has 5 aromatic rings. The number of likely N-dealkylation sites (tertiary alicyclic amines) is 2. The number of alkyl carbamates (subject to hydrolysis) is 2. The fraction of sp³-hybridized carbons (Fsp3) is 0.455. The van der Waals surface area contributed by atoms with Gasteiger partial charge in [0.15, 0.2) is 0 Å². The first kappa shape index (κ1) is 41.4. The van der Waals surface area contributed by atoms with Gasteiger partial charge < -0.3 is 44.6 Å². The zero-order valence-electron chi connectivity index (χ0n) is 34.8. The van der Waals surface area contributed by atoms with Gasteiger partial charge in [-0.15, -0.1) is 0 Å². The Bertz CT molecular complexity index is 2370. The molecule has 17 heteroatoms. The van der Waals surface area contributed by atoms with Crippen LogP contribution in [-0.4, -0.2) is 116 Å². The van der Waals surface area contributed by atoms with Crippen LogP contribution in [0.3, 0.4) is 0 Å². The van der Waals surface area contributed by atoms with Gasteiger partial charge in [0.25, 0.3) is 0 Å². The Morgan fingerprint density at radius 2 is 1.44 bits per heavy atom. The van der Waals surface area contributed by atoms with Crippen molar-refractivity contribution in [2.45, 2.75) is 76.5 Å². The van der Waals surface area contributed by atoms with E-state index in [2.05, 4.69) is 31.7 Å². The lowest BCUT2D eigenvalue weighted by Gasteiger charge is -2.34. The van der Waals surface area contributed by atoms with Gasteiger partial charge in [-0.05, 0) is 74.6 Å². The van der Waals surface area contributed by atoms with Crippen molar-refractivity contribution in [1.82, 2.24) is 50.3 Å². The second-order valence-corrected chi connectivity index (χ2v) is 16.2. The number of aromatic nitrogens is 6.